The molecular formula is C17H24N6OS. The van der Waals surface area contributed by atoms with Crippen molar-refractivity contribution in [3.8, 4) is 0 Å². The van der Waals surface area contributed by atoms with Gasteiger partial charge in [-0.1, -0.05) is 43.0 Å². The van der Waals surface area contributed by atoms with Gasteiger partial charge in [0.1, 0.15) is 0 Å². The second kappa shape index (κ2) is 8.33. The maximum Gasteiger partial charge on any atom is 0.317 e. The number of thioether (sulfide) groups is 1. The molecule has 3 rings (SSSR count). The second-order valence-electron chi connectivity index (χ2n) is 6.19. The Balaban J connectivity index is 1.50. The minimum absolute atomic E-state index is 0.0244. The summed E-state index contributed by atoms with van der Waals surface area (Å²) in [6.45, 7) is 3.49. The van der Waals surface area contributed by atoms with Gasteiger partial charge < -0.3 is 10.2 Å². The third-order valence-corrected chi connectivity index (χ3v) is 5.40. The first kappa shape index (κ1) is 17.7. The molecule has 25 heavy (non-hydrogen) atoms. The van der Waals surface area contributed by atoms with Crippen LogP contribution in [0.4, 0.5) is 4.79 Å². The van der Waals surface area contributed by atoms with Crippen molar-refractivity contribution in [2.45, 2.75) is 37.4 Å². The largest absolute Gasteiger partial charge is 0.337 e. The number of rotatable bonds is 7. The fourth-order valence-electron chi connectivity index (χ4n) is 3.19. The standard InChI is InChI=1S/C17H24N6OS/c1-3-9-23(15-11-13-6-4-5-7-14(13)12-15)16(24)18-8-10-25-17-19-20-21-22(17)2/h4-7,15H,3,8-12H2,1-2H3,(H,18,24). The third-order valence-electron chi connectivity index (χ3n) is 4.39. The molecule has 1 aliphatic carbocycles. The van der Waals surface area contributed by atoms with E-state index in [9.17, 15) is 4.79 Å². The van der Waals surface area contributed by atoms with E-state index in [-0.39, 0.29) is 12.1 Å². The van der Waals surface area contributed by atoms with Crippen molar-refractivity contribution in [3.63, 3.8) is 0 Å². The number of amides is 2. The lowest BCUT2D eigenvalue weighted by atomic mass is 10.1. The summed E-state index contributed by atoms with van der Waals surface area (Å²) in [5, 5.41) is 15.1. The number of hydrogen-bond donors (Lipinski definition) is 1. The molecule has 0 aliphatic heterocycles. The van der Waals surface area contributed by atoms with Crippen LogP contribution in [-0.2, 0) is 19.9 Å². The van der Waals surface area contributed by atoms with Crippen molar-refractivity contribution in [3.05, 3.63) is 35.4 Å². The van der Waals surface area contributed by atoms with Gasteiger partial charge in [0, 0.05) is 31.9 Å². The lowest BCUT2D eigenvalue weighted by Gasteiger charge is -2.28. The number of hydrogen-bond acceptors (Lipinski definition) is 5. The molecule has 2 amide bonds. The van der Waals surface area contributed by atoms with Gasteiger partial charge in [-0.25, -0.2) is 9.48 Å². The van der Waals surface area contributed by atoms with Crippen LogP contribution in [0.3, 0.4) is 0 Å². The summed E-state index contributed by atoms with van der Waals surface area (Å²) in [5.74, 6) is 0.741. The van der Waals surface area contributed by atoms with Gasteiger partial charge in [0.25, 0.3) is 0 Å². The van der Waals surface area contributed by atoms with E-state index in [4.69, 9.17) is 0 Å². The molecule has 0 radical (unpaired) electrons. The van der Waals surface area contributed by atoms with Crippen molar-refractivity contribution in [2.24, 2.45) is 7.05 Å². The van der Waals surface area contributed by atoms with Crippen LogP contribution in [-0.4, -0.2) is 56.0 Å². The van der Waals surface area contributed by atoms with Crippen LogP contribution >= 0.6 is 11.8 Å². The van der Waals surface area contributed by atoms with E-state index in [2.05, 4.69) is 52.0 Å². The van der Waals surface area contributed by atoms with E-state index in [0.29, 0.717) is 6.54 Å². The van der Waals surface area contributed by atoms with Crippen molar-refractivity contribution in [1.82, 2.24) is 30.4 Å². The zero-order valence-corrected chi connectivity index (χ0v) is 15.5. The van der Waals surface area contributed by atoms with Crippen molar-refractivity contribution in [1.29, 1.82) is 0 Å². The average Bonchev–Trinajstić information content (AvgIpc) is 3.22. The number of tetrazole rings is 1. The molecule has 0 saturated carbocycles. The molecule has 0 bridgehead atoms. The highest BCUT2D eigenvalue weighted by atomic mass is 32.2. The molecule has 8 heteroatoms. The van der Waals surface area contributed by atoms with E-state index in [1.54, 1.807) is 4.68 Å². The van der Waals surface area contributed by atoms with Crippen LogP contribution in [0.1, 0.15) is 24.5 Å². The van der Waals surface area contributed by atoms with Crippen LogP contribution in [0.2, 0.25) is 0 Å². The molecule has 0 spiro atoms. The number of nitrogens with zero attached hydrogens (tertiary/aromatic N) is 5. The summed E-state index contributed by atoms with van der Waals surface area (Å²) in [6.07, 6.45) is 2.85. The highest BCUT2D eigenvalue weighted by Crippen LogP contribution is 2.25. The van der Waals surface area contributed by atoms with Crippen molar-refractivity contribution < 1.29 is 4.79 Å². The van der Waals surface area contributed by atoms with Crippen molar-refractivity contribution in [2.75, 3.05) is 18.8 Å². The van der Waals surface area contributed by atoms with Gasteiger partial charge >= 0.3 is 6.03 Å². The molecule has 1 aromatic heterocycles. The third kappa shape index (κ3) is 4.31. The van der Waals surface area contributed by atoms with Gasteiger partial charge in [0.15, 0.2) is 0 Å². The van der Waals surface area contributed by atoms with Crippen molar-refractivity contribution >= 4 is 17.8 Å². The van der Waals surface area contributed by atoms with E-state index in [1.807, 2.05) is 11.9 Å². The smallest absolute Gasteiger partial charge is 0.317 e. The molecule has 1 aromatic carbocycles. The molecule has 0 unspecified atom stereocenters. The highest BCUT2D eigenvalue weighted by Gasteiger charge is 2.29. The Morgan fingerprint density at radius 1 is 1.36 bits per heavy atom. The predicted molar refractivity (Wildman–Crippen MR) is 97.6 cm³/mol. The summed E-state index contributed by atoms with van der Waals surface area (Å²) in [6, 6.07) is 8.77. The Morgan fingerprint density at radius 3 is 2.68 bits per heavy atom. The number of aromatic nitrogens is 4. The number of urea groups is 1. The van der Waals surface area contributed by atoms with Crippen LogP contribution in [0, 0.1) is 0 Å². The monoisotopic (exact) mass is 360 g/mol. The summed E-state index contributed by atoms with van der Waals surface area (Å²) in [5.41, 5.74) is 2.73. The molecule has 0 fully saturated rings. The quantitative estimate of drug-likeness (QED) is 0.603. The number of fused-ring (bicyclic) bond motifs is 1. The van der Waals surface area contributed by atoms with E-state index in [0.717, 1.165) is 36.7 Å². The van der Waals surface area contributed by atoms with Gasteiger partial charge in [-0.2, -0.15) is 0 Å². The summed E-state index contributed by atoms with van der Waals surface area (Å²) >= 11 is 1.54. The van der Waals surface area contributed by atoms with Crippen LogP contribution in [0.5, 0.6) is 0 Å². The molecule has 7 nitrogen and oxygen atoms in total. The van der Waals surface area contributed by atoms with E-state index >= 15 is 0 Å². The Morgan fingerprint density at radius 2 is 2.08 bits per heavy atom. The SMILES string of the molecule is CCCN(C(=O)NCCSc1nnnn1C)C1Cc2ccccc2C1. The number of aryl methyl sites for hydroxylation is 1. The number of carbonyl (C=O) groups is 1. The molecule has 1 aliphatic rings. The van der Waals surface area contributed by atoms with E-state index < -0.39 is 0 Å². The molecule has 2 aromatic rings. The Labute approximate surface area is 152 Å². The topological polar surface area (TPSA) is 75.9 Å². The van der Waals surface area contributed by atoms with Gasteiger partial charge in [-0.05, 0) is 40.8 Å². The van der Waals surface area contributed by atoms with Crippen LogP contribution < -0.4 is 5.32 Å². The maximum absolute atomic E-state index is 12.7. The summed E-state index contributed by atoms with van der Waals surface area (Å²) < 4.78 is 1.63. The summed E-state index contributed by atoms with van der Waals surface area (Å²) in [7, 11) is 1.81. The van der Waals surface area contributed by atoms with Gasteiger partial charge in [0.05, 0.1) is 0 Å². The number of benzene rings is 1. The lowest BCUT2D eigenvalue weighted by molar-refractivity contribution is 0.177. The Bertz CT molecular complexity index is 694. The highest BCUT2D eigenvalue weighted by molar-refractivity contribution is 7.99. The normalized spacial score (nSPS) is 13.7. The Hall–Kier alpha value is -2.09. The average molecular weight is 360 g/mol. The zero-order chi connectivity index (χ0) is 17.6. The molecular weight excluding hydrogens is 336 g/mol. The van der Waals surface area contributed by atoms with Crippen LogP contribution in [0.15, 0.2) is 29.4 Å². The maximum atomic E-state index is 12.7. The molecule has 0 atom stereocenters. The summed E-state index contributed by atoms with van der Waals surface area (Å²) in [4.78, 5) is 14.7. The minimum Gasteiger partial charge on any atom is -0.337 e. The predicted octanol–water partition coefficient (Wildman–Crippen LogP) is 1.89. The number of nitrogens with one attached hydrogen (secondary N) is 1. The van der Waals surface area contributed by atoms with Gasteiger partial charge in [-0.3, -0.25) is 0 Å². The first-order chi connectivity index (χ1) is 12.2. The first-order valence-electron chi connectivity index (χ1n) is 8.65. The number of carbonyl (C=O) groups excluding carboxylic acids is 1. The molecule has 0 saturated heterocycles. The molecule has 1 N–H and O–H groups in total. The second-order valence-corrected chi connectivity index (χ2v) is 7.25. The Kier molecular flexibility index (Phi) is 5.91. The first-order valence-corrected chi connectivity index (χ1v) is 9.64. The fraction of sp³-hybridized carbons (Fsp3) is 0.529. The lowest BCUT2D eigenvalue weighted by Crippen LogP contribution is -2.47. The van der Waals surface area contributed by atoms with Gasteiger partial charge in [0.2, 0.25) is 5.16 Å². The molecule has 134 valence electrons. The van der Waals surface area contributed by atoms with Crippen LogP contribution in [0.25, 0.3) is 0 Å². The fourth-order valence-corrected chi connectivity index (χ4v) is 3.90. The molecule has 1 heterocycles. The van der Waals surface area contributed by atoms with E-state index in [1.165, 1.54) is 22.9 Å². The minimum atomic E-state index is 0.0244. The zero-order valence-electron chi connectivity index (χ0n) is 14.7. The van der Waals surface area contributed by atoms with Gasteiger partial charge in [-0.15, -0.1) is 5.10 Å².